The van der Waals surface area contributed by atoms with Gasteiger partial charge >= 0.3 is 5.82 Å². The highest BCUT2D eigenvalue weighted by molar-refractivity contribution is 5.93. The Hall–Kier alpha value is -3.09. The average Bonchev–Trinajstić information content (AvgIpc) is 2.93. The quantitative estimate of drug-likeness (QED) is 0.415. The zero-order chi connectivity index (χ0) is 16.2. The van der Waals surface area contributed by atoms with Crippen LogP contribution in [0.25, 0.3) is 10.8 Å². The van der Waals surface area contributed by atoms with Crippen molar-refractivity contribution in [3.8, 4) is 0 Å². The van der Waals surface area contributed by atoms with Crippen LogP contribution in [-0.2, 0) is 7.05 Å². The number of fused-ring (bicyclic) bond motifs is 1. The minimum absolute atomic E-state index is 0.155. The number of aromatic nitrogens is 2. The van der Waals surface area contributed by atoms with E-state index in [0.717, 1.165) is 11.1 Å². The molecule has 2 N–H and O–H groups in total. The number of anilines is 2. The summed E-state index contributed by atoms with van der Waals surface area (Å²) in [7, 11) is 1.72. The predicted octanol–water partition coefficient (Wildman–Crippen LogP) is 3.01. The van der Waals surface area contributed by atoms with Crippen LogP contribution in [0.15, 0.2) is 48.8 Å². The summed E-state index contributed by atoms with van der Waals surface area (Å²) < 4.78 is 1.61. The Morgan fingerprint density at radius 3 is 2.70 bits per heavy atom. The number of imidazole rings is 1. The summed E-state index contributed by atoms with van der Waals surface area (Å²) in [5.41, 5.74) is 1.05. The number of nitro groups is 1. The Balaban J connectivity index is 1.64. The van der Waals surface area contributed by atoms with E-state index in [1.54, 1.807) is 11.6 Å². The molecule has 0 aliphatic carbocycles. The molecule has 0 atom stereocenters. The summed E-state index contributed by atoms with van der Waals surface area (Å²) in [6, 6.07) is 14.2. The molecule has 0 fully saturated rings. The molecule has 7 nitrogen and oxygen atoms in total. The number of nitrogens with one attached hydrogen (secondary N) is 2. The van der Waals surface area contributed by atoms with Gasteiger partial charge in [-0.1, -0.05) is 36.4 Å². The Morgan fingerprint density at radius 2 is 1.87 bits per heavy atom. The van der Waals surface area contributed by atoms with Crippen molar-refractivity contribution in [1.29, 1.82) is 0 Å². The highest BCUT2D eigenvalue weighted by Gasteiger charge is 2.19. The Kier molecular flexibility index (Phi) is 4.09. The normalized spacial score (nSPS) is 10.7. The molecule has 0 radical (unpaired) electrons. The minimum atomic E-state index is -0.486. The minimum Gasteiger partial charge on any atom is -0.383 e. The van der Waals surface area contributed by atoms with Crippen molar-refractivity contribution in [2.75, 3.05) is 23.7 Å². The lowest BCUT2D eigenvalue weighted by atomic mass is 10.1. The third-order valence-electron chi connectivity index (χ3n) is 3.61. The van der Waals surface area contributed by atoms with Crippen molar-refractivity contribution in [2.24, 2.45) is 7.05 Å². The van der Waals surface area contributed by atoms with Crippen LogP contribution in [0.3, 0.4) is 0 Å². The number of rotatable bonds is 6. The van der Waals surface area contributed by atoms with Crippen molar-refractivity contribution in [1.82, 2.24) is 9.55 Å². The zero-order valence-electron chi connectivity index (χ0n) is 12.7. The van der Waals surface area contributed by atoms with Crippen molar-refractivity contribution >= 4 is 28.1 Å². The second kappa shape index (κ2) is 6.35. The summed E-state index contributed by atoms with van der Waals surface area (Å²) in [4.78, 5) is 14.2. The van der Waals surface area contributed by atoms with E-state index < -0.39 is 4.92 Å². The van der Waals surface area contributed by atoms with Gasteiger partial charge in [-0.15, -0.1) is 0 Å². The van der Waals surface area contributed by atoms with Crippen LogP contribution >= 0.6 is 0 Å². The highest BCUT2D eigenvalue weighted by Crippen LogP contribution is 2.23. The topological polar surface area (TPSA) is 85.0 Å². The molecule has 2 aromatic carbocycles. The molecule has 0 spiro atoms. The van der Waals surface area contributed by atoms with Crippen molar-refractivity contribution in [3.05, 3.63) is 58.9 Å². The van der Waals surface area contributed by atoms with E-state index in [9.17, 15) is 10.1 Å². The molecule has 0 saturated heterocycles. The number of benzene rings is 2. The predicted molar refractivity (Wildman–Crippen MR) is 90.8 cm³/mol. The fraction of sp³-hybridized carbons (Fsp3) is 0.188. The molecule has 0 saturated carbocycles. The van der Waals surface area contributed by atoms with Crippen LogP contribution in [0.5, 0.6) is 0 Å². The van der Waals surface area contributed by atoms with Gasteiger partial charge in [0.2, 0.25) is 12.1 Å². The fourth-order valence-corrected chi connectivity index (χ4v) is 2.51. The van der Waals surface area contributed by atoms with Crippen molar-refractivity contribution < 1.29 is 4.92 Å². The van der Waals surface area contributed by atoms with Gasteiger partial charge < -0.3 is 20.7 Å². The molecule has 3 aromatic rings. The van der Waals surface area contributed by atoms with E-state index in [-0.39, 0.29) is 5.82 Å². The lowest BCUT2D eigenvalue weighted by molar-refractivity contribution is -0.388. The lowest BCUT2D eigenvalue weighted by Gasteiger charge is -2.11. The lowest BCUT2D eigenvalue weighted by Crippen LogP contribution is -2.16. The van der Waals surface area contributed by atoms with Crippen molar-refractivity contribution in [3.63, 3.8) is 0 Å². The van der Waals surface area contributed by atoms with Crippen LogP contribution in [0.4, 0.5) is 17.3 Å². The molecule has 0 aliphatic heterocycles. The number of nitrogens with zero attached hydrogens (tertiary/aromatic N) is 3. The monoisotopic (exact) mass is 311 g/mol. The van der Waals surface area contributed by atoms with Gasteiger partial charge in [-0.25, -0.2) is 0 Å². The van der Waals surface area contributed by atoms with E-state index in [1.807, 2.05) is 24.3 Å². The Labute approximate surface area is 133 Å². The van der Waals surface area contributed by atoms with Gasteiger partial charge in [0.05, 0.1) is 0 Å². The second-order valence-electron chi connectivity index (χ2n) is 5.17. The van der Waals surface area contributed by atoms with Crippen LogP contribution in [0.1, 0.15) is 0 Å². The summed E-state index contributed by atoms with van der Waals surface area (Å²) in [6.07, 6.45) is 1.43. The summed E-state index contributed by atoms with van der Waals surface area (Å²) in [5, 5.41) is 19.7. The molecule has 23 heavy (non-hydrogen) atoms. The van der Waals surface area contributed by atoms with Gasteiger partial charge in [0, 0.05) is 31.2 Å². The molecule has 0 amide bonds. The number of hydrogen-bond donors (Lipinski definition) is 2. The molecule has 1 aromatic heterocycles. The molecular formula is C16H17N5O2. The van der Waals surface area contributed by atoms with Crippen LogP contribution in [0.2, 0.25) is 0 Å². The van der Waals surface area contributed by atoms with E-state index in [2.05, 4.69) is 33.8 Å². The van der Waals surface area contributed by atoms with Gasteiger partial charge in [0.1, 0.15) is 0 Å². The fourth-order valence-electron chi connectivity index (χ4n) is 2.51. The summed E-state index contributed by atoms with van der Waals surface area (Å²) >= 11 is 0. The maximum Gasteiger partial charge on any atom is 0.406 e. The summed E-state index contributed by atoms with van der Waals surface area (Å²) in [6.45, 7) is 1.18. The van der Waals surface area contributed by atoms with Crippen molar-refractivity contribution in [2.45, 2.75) is 0 Å². The number of aryl methyl sites for hydroxylation is 1. The molecule has 0 bridgehead atoms. The molecule has 118 valence electrons. The largest absolute Gasteiger partial charge is 0.406 e. The molecule has 1 heterocycles. The standard InChI is InChI=1S/C16H17N5O2/c1-20-11-19-16(21(22)23)15(20)18-10-9-17-14-8-4-6-12-5-2-3-7-13(12)14/h2-8,11,17-18H,9-10H2,1H3. The van der Waals surface area contributed by atoms with Gasteiger partial charge in [0.15, 0.2) is 0 Å². The summed E-state index contributed by atoms with van der Waals surface area (Å²) in [5.74, 6) is 0.257. The molecule has 7 heteroatoms. The van der Waals surface area contributed by atoms with E-state index in [1.165, 1.54) is 11.7 Å². The molecule has 0 unspecified atom stereocenters. The third-order valence-corrected chi connectivity index (χ3v) is 3.61. The first kappa shape index (κ1) is 14.8. The highest BCUT2D eigenvalue weighted by atomic mass is 16.6. The van der Waals surface area contributed by atoms with Gasteiger partial charge in [0.25, 0.3) is 0 Å². The molecular weight excluding hydrogens is 294 g/mol. The van der Waals surface area contributed by atoms with Crippen LogP contribution < -0.4 is 10.6 Å². The van der Waals surface area contributed by atoms with E-state index in [4.69, 9.17) is 0 Å². The van der Waals surface area contributed by atoms with E-state index >= 15 is 0 Å². The third kappa shape index (κ3) is 3.08. The van der Waals surface area contributed by atoms with Gasteiger partial charge in [-0.2, -0.15) is 0 Å². The first-order chi connectivity index (χ1) is 11.2. The zero-order valence-corrected chi connectivity index (χ0v) is 12.7. The van der Waals surface area contributed by atoms with Crippen LogP contribution in [0, 0.1) is 10.1 Å². The van der Waals surface area contributed by atoms with Gasteiger partial charge in [-0.05, 0) is 21.4 Å². The maximum absolute atomic E-state index is 10.9. The smallest absolute Gasteiger partial charge is 0.383 e. The van der Waals surface area contributed by atoms with E-state index in [0.29, 0.717) is 18.9 Å². The SMILES string of the molecule is Cn1cnc([N+](=O)[O-])c1NCCNc1cccc2ccccc12. The Bertz CT molecular complexity index is 838. The second-order valence-corrected chi connectivity index (χ2v) is 5.17. The number of hydrogen-bond acceptors (Lipinski definition) is 5. The maximum atomic E-state index is 10.9. The first-order valence-electron chi connectivity index (χ1n) is 7.28. The van der Waals surface area contributed by atoms with Crippen LogP contribution in [-0.4, -0.2) is 27.6 Å². The van der Waals surface area contributed by atoms with Gasteiger partial charge in [-0.3, -0.25) is 4.57 Å². The molecule has 3 rings (SSSR count). The Morgan fingerprint density at radius 1 is 1.13 bits per heavy atom. The molecule has 0 aliphatic rings. The average molecular weight is 311 g/mol. The first-order valence-corrected chi connectivity index (χ1v) is 7.28.